The van der Waals surface area contributed by atoms with Crippen LogP contribution in [0.3, 0.4) is 0 Å². The van der Waals surface area contributed by atoms with Crippen molar-refractivity contribution in [2.45, 2.75) is 6.61 Å². The van der Waals surface area contributed by atoms with Crippen LogP contribution in [0.25, 0.3) is 6.08 Å². The summed E-state index contributed by atoms with van der Waals surface area (Å²) in [5, 5.41) is 9.15. The molecule has 5 nitrogen and oxygen atoms in total. The Morgan fingerprint density at radius 2 is 1.77 bits per heavy atom. The van der Waals surface area contributed by atoms with Gasteiger partial charge >= 0.3 is 5.97 Å². The van der Waals surface area contributed by atoms with Gasteiger partial charge in [0, 0.05) is 5.56 Å². The summed E-state index contributed by atoms with van der Waals surface area (Å²) in [6.07, 6.45) is 1.77. The maximum atomic E-state index is 13.0. The third kappa shape index (κ3) is 4.68. The molecule has 1 N–H and O–H groups in total. The molecule has 154 valence electrons. The Morgan fingerprint density at radius 1 is 1.03 bits per heavy atom. The van der Waals surface area contributed by atoms with E-state index in [-0.39, 0.29) is 18.1 Å². The molecule has 4 rings (SSSR count). The molecule has 1 amide bonds. The summed E-state index contributed by atoms with van der Waals surface area (Å²) in [7, 11) is 0. The van der Waals surface area contributed by atoms with Gasteiger partial charge in [0.25, 0.3) is 5.91 Å². The van der Waals surface area contributed by atoms with Gasteiger partial charge < -0.3 is 9.84 Å². The lowest BCUT2D eigenvalue weighted by Crippen LogP contribution is -2.27. The van der Waals surface area contributed by atoms with E-state index >= 15 is 0 Å². The van der Waals surface area contributed by atoms with Crippen molar-refractivity contribution in [3.63, 3.8) is 0 Å². The van der Waals surface area contributed by atoms with Crippen LogP contribution >= 0.6 is 24.0 Å². The van der Waals surface area contributed by atoms with Crippen molar-refractivity contribution in [2.75, 3.05) is 4.90 Å². The number of nitrogens with zero attached hydrogens (tertiary/aromatic N) is 1. The molecule has 1 aliphatic heterocycles. The molecule has 1 saturated heterocycles. The number of benzene rings is 3. The second-order valence-corrected chi connectivity index (χ2v) is 8.36. The zero-order chi connectivity index (χ0) is 21.8. The van der Waals surface area contributed by atoms with Crippen molar-refractivity contribution in [3.05, 3.63) is 100 Å². The molecule has 0 bridgehead atoms. The van der Waals surface area contributed by atoms with Crippen LogP contribution in [0.2, 0.25) is 0 Å². The molecule has 1 aliphatic rings. The number of ether oxygens (including phenoxy) is 1. The molecule has 3 aromatic carbocycles. The molecule has 0 saturated carbocycles. The number of para-hydroxylation sites is 2. The summed E-state index contributed by atoms with van der Waals surface area (Å²) in [6, 6.07) is 23.3. The molecule has 3 aromatic rings. The molecule has 0 atom stereocenters. The summed E-state index contributed by atoms with van der Waals surface area (Å²) in [5.74, 6) is -0.568. The highest BCUT2D eigenvalue weighted by Crippen LogP contribution is 2.37. The van der Waals surface area contributed by atoms with E-state index in [9.17, 15) is 9.59 Å². The first-order valence-corrected chi connectivity index (χ1v) is 10.6. The Bertz CT molecular complexity index is 1190. The largest absolute Gasteiger partial charge is 0.488 e. The number of carboxylic acid groups (broad SMARTS) is 1. The fourth-order valence-corrected chi connectivity index (χ4v) is 4.38. The van der Waals surface area contributed by atoms with E-state index in [4.69, 9.17) is 22.1 Å². The highest BCUT2D eigenvalue weighted by molar-refractivity contribution is 8.27. The first-order valence-electron chi connectivity index (χ1n) is 9.40. The smallest absolute Gasteiger partial charge is 0.335 e. The van der Waals surface area contributed by atoms with Crippen LogP contribution in [0.1, 0.15) is 21.5 Å². The predicted molar refractivity (Wildman–Crippen MR) is 126 cm³/mol. The van der Waals surface area contributed by atoms with Gasteiger partial charge in [-0.25, -0.2) is 4.79 Å². The van der Waals surface area contributed by atoms with Gasteiger partial charge in [0.05, 0.1) is 16.2 Å². The first-order chi connectivity index (χ1) is 15.0. The third-order valence-corrected chi connectivity index (χ3v) is 5.88. The van der Waals surface area contributed by atoms with E-state index in [1.807, 2.05) is 54.6 Å². The minimum Gasteiger partial charge on any atom is -0.488 e. The maximum absolute atomic E-state index is 13.0. The van der Waals surface area contributed by atoms with Gasteiger partial charge in [0.2, 0.25) is 0 Å². The lowest BCUT2D eigenvalue weighted by molar-refractivity contribution is -0.113. The molecular formula is C24H17NO4S2. The van der Waals surface area contributed by atoms with Gasteiger partial charge in [-0.3, -0.25) is 9.69 Å². The Balaban J connectivity index is 1.56. The topological polar surface area (TPSA) is 66.8 Å². The Hall–Kier alpha value is -3.42. The van der Waals surface area contributed by atoms with Crippen molar-refractivity contribution in [2.24, 2.45) is 0 Å². The lowest BCUT2D eigenvalue weighted by Gasteiger charge is -2.14. The molecule has 0 unspecified atom stereocenters. The molecule has 31 heavy (non-hydrogen) atoms. The number of rotatable bonds is 6. The quantitative estimate of drug-likeness (QED) is 0.405. The molecule has 0 spiro atoms. The van der Waals surface area contributed by atoms with Crippen molar-refractivity contribution in [3.8, 4) is 5.75 Å². The number of hydrogen-bond acceptors (Lipinski definition) is 5. The van der Waals surface area contributed by atoms with E-state index in [1.54, 1.807) is 24.3 Å². The average Bonchev–Trinajstić information content (AvgIpc) is 3.06. The van der Waals surface area contributed by atoms with Crippen molar-refractivity contribution in [1.29, 1.82) is 0 Å². The van der Waals surface area contributed by atoms with E-state index in [1.165, 1.54) is 22.7 Å². The molecule has 0 radical (unpaired) electrons. The van der Waals surface area contributed by atoms with Crippen LogP contribution in [-0.2, 0) is 11.4 Å². The fraction of sp³-hybridized carbons (Fsp3) is 0.0417. The average molecular weight is 448 g/mol. The van der Waals surface area contributed by atoms with Crippen LogP contribution in [0, 0.1) is 0 Å². The molecule has 1 fully saturated rings. The van der Waals surface area contributed by atoms with Crippen LogP contribution in [0.5, 0.6) is 5.75 Å². The van der Waals surface area contributed by atoms with Crippen LogP contribution in [0.15, 0.2) is 83.8 Å². The Labute approximate surface area is 189 Å². The SMILES string of the molecule is O=C(O)c1cccc(COc2ccccc2/C=C2/SC(=S)N(c3ccccc3)C2=O)c1. The van der Waals surface area contributed by atoms with Crippen LogP contribution < -0.4 is 9.64 Å². The number of anilines is 1. The number of thiocarbonyl (C=S) groups is 1. The van der Waals surface area contributed by atoms with Gasteiger partial charge in [0.15, 0.2) is 4.32 Å². The van der Waals surface area contributed by atoms with Crippen molar-refractivity contribution >= 4 is 51.9 Å². The normalized spacial score (nSPS) is 14.8. The summed E-state index contributed by atoms with van der Waals surface area (Å²) in [5.41, 5.74) is 2.42. The molecule has 0 aromatic heterocycles. The number of hydrogen-bond donors (Lipinski definition) is 1. The first kappa shape index (κ1) is 20.8. The Kier molecular flexibility index (Phi) is 6.16. The van der Waals surface area contributed by atoms with Crippen molar-refractivity contribution in [1.82, 2.24) is 0 Å². The van der Waals surface area contributed by atoms with Gasteiger partial charge in [-0.1, -0.05) is 72.5 Å². The molecule has 7 heteroatoms. The minimum atomic E-state index is -0.984. The fourth-order valence-electron chi connectivity index (χ4n) is 3.10. The summed E-state index contributed by atoms with van der Waals surface area (Å²) in [4.78, 5) is 26.2. The zero-order valence-corrected chi connectivity index (χ0v) is 17.9. The van der Waals surface area contributed by atoms with Crippen LogP contribution in [0.4, 0.5) is 5.69 Å². The molecule has 0 aliphatic carbocycles. The monoisotopic (exact) mass is 447 g/mol. The predicted octanol–water partition coefficient (Wildman–Crippen LogP) is 5.37. The number of carboxylic acids is 1. The second kappa shape index (κ2) is 9.16. The second-order valence-electron chi connectivity index (χ2n) is 6.68. The highest BCUT2D eigenvalue weighted by Gasteiger charge is 2.33. The van der Waals surface area contributed by atoms with Gasteiger partial charge in [0.1, 0.15) is 12.4 Å². The van der Waals surface area contributed by atoms with Crippen LogP contribution in [-0.4, -0.2) is 21.3 Å². The number of aromatic carboxylic acids is 1. The van der Waals surface area contributed by atoms with E-state index < -0.39 is 5.97 Å². The molecular weight excluding hydrogens is 430 g/mol. The summed E-state index contributed by atoms with van der Waals surface area (Å²) in [6.45, 7) is 0.205. The number of amides is 1. The van der Waals surface area contributed by atoms with Gasteiger partial charge in [-0.05, 0) is 42.0 Å². The minimum absolute atomic E-state index is 0.176. The zero-order valence-electron chi connectivity index (χ0n) is 16.2. The number of carbonyl (C=O) groups excluding carboxylic acids is 1. The van der Waals surface area contributed by atoms with Gasteiger partial charge in [-0.15, -0.1) is 0 Å². The summed E-state index contributed by atoms with van der Waals surface area (Å²) < 4.78 is 6.42. The van der Waals surface area contributed by atoms with E-state index in [0.717, 1.165) is 16.8 Å². The standard InChI is InChI=1S/C24H17NO4S2/c26-22-21(31-24(30)25(22)19-10-2-1-3-11-19)14-17-8-4-5-12-20(17)29-15-16-7-6-9-18(13-16)23(27)28/h1-14H,15H2,(H,27,28)/b21-14+. The Morgan fingerprint density at radius 3 is 2.55 bits per heavy atom. The summed E-state index contributed by atoms with van der Waals surface area (Å²) >= 11 is 6.67. The maximum Gasteiger partial charge on any atom is 0.335 e. The van der Waals surface area contributed by atoms with E-state index in [2.05, 4.69) is 0 Å². The van der Waals surface area contributed by atoms with E-state index in [0.29, 0.717) is 15.0 Å². The molecule has 1 heterocycles. The highest BCUT2D eigenvalue weighted by atomic mass is 32.2. The van der Waals surface area contributed by atoms with Crippen molar-refractivity contribution < 1.29 is 19.4 Å². The number of carbonyl (C=O) groups is 2. The number of thioether (sulfide) groups is 1. The lowest BCUT2D eigenvalue weighted by atomic mass is 10.1. The van der Waals surface area contributed by atoms with Gasteiger partial charge in [-0.2, -0.15) is 0 Å². The third-order valence-electron chi connectivity index (χ3n) is 4.58.